The molecular weight excluding hydrogens is 438 g/mol. The van der Waals surface area contributed by atoms with Gasteiger partial charge in [0.05, 0.1) is 12.5 Å². The standard InChI is InChI=1S/C20H33N5O8/c1-10(2)8-12(17(29)24-13(20(32)33)9-15(22)26)23-18(30)14-4-3-7-25(14)19(31)11(21)5-6-16(27)28/h10-14H,3-9,21H2,1-2H3,(H2,22,26)(H,23,30)(H,24,29)(H,27,28)(H,32,33). The minimum Gasteiger partial charge on any atom is -0.481 e. The quantitative estimate of drug-likeness (QED) is 0.177. The topological polar surface area (TPSA) is 222 Å². The zero-order chi connectivity index (χ0) is 25.3. The molecule has 0 saturated carbocycles. The molecule has 0 aromatic heterocycles. The first-order valence-corrected chi connectivity index (χ1v) is 10.7. The summed E-state index contributed by atoms with van der Waals surface area (Å²) < 4.78 is 0. The largest absolute Gasteiger partial charge is 0.481 e. The van der Waals surface area contributed by atoms with Crippen LogP contribution in [0, 0.1) is 5.92 Å². The molecule has 4 amide bonds. The van der Waals surface area contributed by atoms with Crippen molar-refractivity contribution in [2.24, 2.45) is 17.4 Å². The molecule has 8 N–H and O–H groups in total. The molecule has 0 aromatic rings. The van der Waals surface area contributed by atoms with Gasteiger partial charge in [-0.3, -0.25) is 24.0 Å². The van der Waals surface area contributed by atoms with Crippen molar-refractivity contribution in [3.63, 3.8) is 0 Å². The third-order valence-corrected chi connectivity index (χ3v) is 5.18. The number of rotatable bonds is 13. The number of likely N-dealkylation sites (tertiary alicyclic amines) is 1. The predicted octanol–water partition coefficient (Wildman–Crippen LogP) is -1.85. The van der Waals surface area contributed by atoms with Gasteiger partial charge < -0.3 is 37.2 Å². The van der Waals surface area contributed by atoms with Crippen molar-refractivity contribution in [1.82, 2.24) is 15.5 Å². The number of hydrogen-bond acceptors (Lipinski definition) is 7. The second-order valence-electron chi connectivity index (χ2n) is 8.49. The van der Waals surface area contributed by atoms with Crippen LogP contribution in [-0.2, 0) is 28.8 Å². The van der Waals surface area contributed by atoms with Gasteiger partial charge in [-0.1, -0.05) is 13.8 Å². The Kier molecular flexibility index (Phi) is 10.7. The number of carboxylic acids is 2. The summed E-state index contributed by atoms with van der Waals surface area (Å²) in [5, 5.41) is 22.8. The molecule has 1 saturated heterocycles. The van der Waals surface area contributed by atoms with Crippen molar-refractivity contribution in [2.75, 3.05) is 6.54 Å². The fraction of sp³-hybridized carbons (Fsp3) is 0.700. The number of hydrogen-bond donors (Lipinski definition) is 6. The highest BCUT2D eigenvalue weighted by atomic mass is 16.4. The summed E-state index contributed by atoms with van der Waals surface area (Å²) in [4.78, 5) is 72.7. The average Bonchev–Trinajstić information content (AvgIpc) is 3.19. The van der Waals surface area contributed by atoms with Crippen LogP contribution in [0.15, 0.2) is 0 Å². The van der Waals surface area contributed by atoms with Gasteiger partial charge in [0, 0.05) is 13.0 Å². The van der Waals surface area contributed by atoms with Crippen LogP contribution < -0.4 is 22.1 Å². The minimum absolute atomic E-state index is 0.0498. The summed E-state index contributed by atoms with van der Waals surface area (Å²) in [7, 11) is 0. The smallest absolute Gasteiger partial charge is 0.326 e. The van der Waals surface area contributed by atoms with Gasteiger partial charge in [0.2, 0.25) is 23.6 Å². The van der Waals surface area contributed by atoms with Gasteiger partial charge in [-0.05, 0) is 31.6 Å². The van der Waals surface area contributed by atoms with E-state index < -0.39 is 66.2 Å². The van der Waals surface area contributed by atoms with Gasteiger partial charge in [0.15, 0.2) is 0 Å². The normalized spacial score (nSPS) is 18.3. The molecule has 13 nitrogen and oxygen atoms in total. The number of amides is 4. The molecule has 1 rings (SSSR count). The SMILES string of the molecule is CC(C)CC(NC(=O)C1CCCN1C(=O)C(N)CCC(=O)O)C(=O)NC(CC(N)=O)C(=O)O. The highest BCUT2D eigenvalue weighted by Gasteiger charge is 2.38. The zero-order valence-corrected chi connectivity index (χ0v) is 18.8. The maximum Gasteiger partial charge on any atom is 0.326 e. The summed E-state index contributed by atoms with van der Waals surface area (Å²) in [6.45, 7) is 3.87. The van der Waals surface area contributed by atoms with E-state index in [9.17, 15) is 33.9 Å². The first-order chi connectivity index (χ1) is 15.3. The minimum atomic E-state index is -1.54. The van der Waals surface area contributed by atoms with Crippen molar-refractivity contribution in [1.29, 1.82) is 0 Å². The van der Waals surface area contributed by atoms with E-state index in [0.29, 0.717) is 12.8 Å². The van der Waals surface area contributed by atoms with E-state index in [1.54, 1.807) is 13.8 Å². The summed E-state index contributed by atoms with van der Waals surface area (Å²) >= 11 is 0. The average molecular weight is 472 g/mol. The third kappa shape index (κ3) is 9.04. The highest BCUT2D eigenvalue weighted by molar-refractivity contribution is 5.95. The Hall–Kier alpha value is -3.22. The van der Waals surface area contributed by atoms with Gasteiger partial charge in [-0.2, -0.15) is 0 Å². The van der Waals surface area contributed by atoms with Crippen molar-refractivity contribution in [3.05, 3.63) is 0 Å². The van der Waals surface area contributed by atoms with Crippen LogP contribution in [0.5, 0.6) is 0 Å². The van der Waals surface area contributed by atoms with Crippen LogP contribution in [0.4, 0.5) is 0 Å². The summed E-state index contributed by atoms with van der Waals surface area (Å²) in [5.74, 6) is -5.44. The maximum atomic E-state index is 12.9. The van der Waals surface area contributed by atoms with Crippen LogP contribution >= 0.6 is 0 Å². The van der Waals surface area contributed by atoms with Crippen molar-refractivity contribution >= 4 is 35.6 Å². The third-order valence-electron chi connectivity index (χ3n) is 5.18. The van der Waals surface area contributed by atoms with Crippen LogP contribution in [0.3, 0.4) is 0 Å². The Labute approximate surface area is 191 Å². The van der Waals surface area contributed by atoms with Crippen LogP contribution in [0.2, 0.25) is 0 Å². The van der Waals surface area contributed by atoms with Crippen LogP contribution in [0.25, 0.3) is 0 Å². The van der Waals surface area contributed by atoms with E-state index in [2.05, 4.69) is 10.6 Å². The zero-order valence-electron chi connectivity index (χ0n) is 18.8. The van der Waals surface area contributed by atoms with Crippen LogP contribution in [0.1, 0.15) is 52.4 Å². The molecule has 1 aliphatic rings. The molecule has 4 unspecified atom stereocenters. The second-order valence-corrected chi connectivity index (χ2v) is 8.49. The monoisotopic (exact) mass is 471 g/mol. The lowest BCUT2D eigenvalue weighted by Gasteiger charge is -2.29. The van der Waals surface area contributed by atoms with E-state index in [1.807, 2.05) is 0 Å². The predicted molar refractivity (Wildman–Crippen MR) is 114 cm³/mol. The number of carbonyl (C=O) groups is 6. The number of carbonyl (C=O) groups excluding carboxylic acids is 4. The van der Waals surface area contributed by atoms with Gasteiger partial charge in [0.25, 0.3) is 0 Å². The first-order valence-electron chi connectivity index (χ1n) is 10.7. The first kappa shape index (κ1) is 27.8. The van der Waals surface area contributed by atoms with Gasteiger partial charge in [-0.25, -0.2) is 4.79 Å². The van der Waals surface area contributed by atoms with Gasteiger partial charge in [-0.15, -0.1) is 0 Å². The van der Waals surface area contributed by atoms with E-state index in [4.69, 9.17) is 16.6 Å². The lowest BCUT2D eigenvalue weighted by molar-refractivity contribution is -0.144. The van der Waals surface area contributed by atoms with E-state index >= 15 is 0 Å². The molecule has 0 aliphatic carbocycles. The Bertz CT molecular complexity index is 772. The molecule has 4 atom stereocenters. The van der Waals surface area contributed by atoms with Crippen molar-refractivity contribution < 1.29 is 39.0 Å². The van der Waals surface area contributed by atoms with Crippen molar-refractivity contribution in [3.8, 4) is 0 Å². The number of aliphatic carboxylic acids is 2. The van der Waals surface area contributed by atoms with Crippen LogP contribution in [-0.4, -0.2) is 81.4 Å². The van der Waals surface area contributed by atoms with E-state index in [0.717, 1.165) is 0 Å². The molecular formula is C20H33N5O8. The second kappa shape index (κ2) is 12.7. The number of primary amides is 1. The lowest BCUT2D eigenvalue weighted by Crippen LogP contribution is -2.57. The molecule has 0 radical (unpaired) electrons. The Morgan fingerprint density at radius 1 is 1.06 bits per heavy atom. The summed E-state index contributed by atoms with van der Waals surface area (Å²) in [6.07, 6.45) is 0.0643. The molecule has 1 aliphatic heterocycles. The number of nitrogens with two attached hydrogens (primary N) is 2. The van der Waals surface area contributed by atoms with E-state index in [-0.39, 0.29) is 31.7 Å². The molecule has 0 aromatic carbocycles. The molecule has 33 heavy (non-hydrogen) atoms. The Balaban J connectivity index is 2.90. The number of nitrogens with zero attached hydrogens (tertiary/aromatic N) is 1. The molecule has 0 spiro atoms. The fourth-order valence-corrected chi connectivity index (χ4v) is 3.56. The summed E-state index contributed by atoms with van der Waals surface area (Å²) in [5.41, 5.74) is 10.8. The van der Waals surface area contributed by atoms with Gasteiger partial charge >= 0.3 is 11.9 Å². The van der Waals surface area contributed by atoms with Crippen molar-refractivity contribution in [2.45, 2.75) is 76.5 Å². The fourth-order valence-electron chi connectivity index (χ4n) is 3.56. The van der Waals surface area contributed by atoms with E-state index in [1.165, 1.54) is 4.90 Å². The van der Waals surface area contributed by atoms with Gasteiger partial charge in [0.1, 0.15) is 18.1 Å². The summed E-state index contributed by atoms with van der Waals surface area (Å²) in [6, 6.07) is -4.62. The Morgan fingerprint density at radius 2 is 1.70 bits per heavy atom. The maximum absolute atomic E-state index is 12.9. The highest BCUT2D eigenvalue weighted by Crippen LogP contribution is 2.20. The number of carboxylic acid groups (broad SMARTS) is 2. The Morgan fingerprint density at radius 3 is 2.21 bits per heavy atom. The molecule has 1 heterocycles. The molecule has 0 bridgehead atoms. The molecule has 13 heteroatoms. The lowest BCUT2D eigenvalue weighted by atomic mass is 10.0. The molecule has 1 fully saturated rings. The molecule has 186 valence electrons. The number of nitrogens with one attached hydrogen (secondary N) is 2.